The molecule has 0 atom stereocenters. The van der Waals surface area contributed by atoms with Crippen LogP contribution in [0.15, 0.2) is 85.2 Å². The molecule has 10 nitrogen and oxygen atoms in total. The van der Waals surface area contributed by atoms with Gasteiger partial charge in [-0.1, -0.05) is 36.4 Å². The van der Waals surface area contributed by atoms with Crippen LogP contribution >= 0.6 is 0 Å². The first-order valence-corrected chi connectivity index (χ1v) is 10.2. The second kappa shape index (κ2) is 12.7. The monoisotopic (exact) mass is 547 g/mol. The maximum absolute atomic E-state index is 10.8. The van der Waals surface area contributed by atoms with Gasteiger partial charge in [0.15, 0.2) is 0 Å². The third-order valence-corrected chi connectivity index (χ3v) is 4.83. The molecular formula is C26H16CuN2O8. The van der Waals surface area contributed by atoms with E-state index in [2.05, 4.69) is 9.97 Å². The number of hydrogen-bond donors (Lipinski definition) is 2. The number of aromatic carboxylic acids is 4. The molecule has 37 heavy (non-hydrogen) atoms. The van der Waals surface area contributed by atoms with Crippen LogP contribution in [-0.4, -0.2) is 44.1 Å². The van der Waals surface area contributed by atoms with Gasteiger partial charge in [0.25, 0.3) is 0 Å². The van der Waals surface area contributed by atoms with Crippen LogP contribution < -0.4 is 10.2 Å². The number of carboxylic acids is 4. The van der Waals surface area contributed by atoms with E-state index in [0.717, 1.165) is 0 Å². The van der Waals surface area contributed by atoms with E-state index in [0.29, 0.717) is 22.3 Å². The first-order valence-electron chi connectivity index (χ1n) is 10.2. The van der Waals surface area contributed by atoms with Gasteiger partial charge in [0.2, 0.25) is 0 Å². The van der Waals surface area contributed by atoms with Gasteiger partial charge in [-0.3, -0.25) is 9.97 Å². The molecule has 4 aromatic rings. The van der Waals surface area contributed by atoms with Crippen LogP contribution in [0.4, 0.5) is 0 Å². The fourth-order valence-electron chi connectivity index (χ4n) is 3.03. The molecule has 0 spiro atoms. The van der Waals surface area contributed by atoms with Crippen LogP contribution in [0.1, 0.15) is 41.7 Å². The molecule has 2 aromatic carbocycles. The average molecular weight is 548 g/mol. The molecule has 0 amide bonds. The molecule has 0 unspecified atom stereocenters. The van der Waals surface area contributed by atoms with Crippen LogP contribution in [0.2, 0.25) is 0 Å². The molecule has 0 bridgehead atoms. The molecule has 4 rings (SSSR count). The molecule has 1 radical (unpaired) electrons. The smallest absolute Gasteiger partial charge is 0.543 e. The Labute approximate surface area is 220 Å². The number of carbonyl (C=O) groups is 4. The Kier molecular flexibility index (Phi) is 9.76. The molecule has 2 N–H and O–H groups in total. The van der Waals surface area contributed by atoms with Gasteiger partial charge < -0.3 is 30.0 Å². The van der Waals surface area contributed by atoms with Gasteiger partial charge in [-0.25, -0.2) is 9.59 Å². The second-order valence-electron chi connectivity index (χ2n) is 7.21. The Morgan fingerprint density at radius 3 is 1.22 bits per heavy atom. The first kappa shape index (κ1) is 28.4. The Balaban J connectivity index is 0.000000253. The number of pyridine rings is 2. The summed E-state index contributed by atoms with van der Waals surface area (Å²) in [4.78, 5) is 50.2. The summed E-state index contributed by atoms with van der Waals surface area (Å²) in [6.07, 6.45) is 2.73. The van der Waals surface area contributed by atoms with Crippen molar-refractivity contribution in [1.29, 1.82) is 0 Å². The third kappa shape index (κ3) is 7.56. The number of rotatable bonds is 6. The number of benzene rings is 2. The largest absolute Gasteiger partial charge is 2.00 e. The van der Waals surface area contributed by atoms with E-state index in [4.69, 9.17) is 10.2 Å². The van der Waals surface area contributed by atoms with Crippen molar-refractivity contribution in [3.63, 3.8) is 0 Å². The number of nitrogens with zero attached hydrogens (tertiary/aromatic N) is 2. The topological polar surface area (TPSA) is 181 Å². The van der Waals surface area contributed by atoms with Gasteiger partial charge >= 0.3 is 29.0 Å². The summed E-state index contributed by atoms with van der Waals surface area (Å²) < 4.78 is 0. The zero-order valence-electron chi connectivity index (χ0n) is 18.6. The van der Waals surface area contributed by atoms with Crippen molar-refractivity contribution >= 4 is 23.9 Å². The van der Waals surface area contributed by atoms with Crippen LogP contribution in [0.3, 0.4) is 0 Å². The van der Waals surface area contributed by atoms with Gasteiger partial charge in [-0.05, 0) is 47.5 Å². The van der Waals surface area contributed by atoms with Crippen molar-refractivity contribution in [3.05, 3.63) is 108 Å². The maximum atomic E-state index is 10.8. The van der Waals surface area contributed by atoms with Crippen LogP contribution in [0, 0.1) is 0 Å². The molecule has 11 heteroatoms. The van der Waals surface area contributed by atoms with Gasteiger partial charge in [0.05, 0.1) is 34.5 Å². The zero-order valence-corrected chi connectivity index (χ0v) is 19.6. The zero-order chi connectivity index (χ0) is 26.2. The average Bonchev–Trinajstić information content (AvgIpc) is 2.89. The fraction of sp³-hybridized carbons (Fsp3) is 0. The van der Waals surface area contributed by atoms with E-state index in [-0.39, 0.29) is 39.6 Å². The van der Waals surface area contributed by atoms with Crippen LogP contribution in [-0.2, 0) is 17.1 Å². The fourth-order valence-corrected chi connectivity index (χ4v) is 3.03. The minimum Gasteiger partial charge on any atom is -0.543 e. The van der Waals surface area contributed by atoms with Crippen molar-refractivity contribution in [2.75, 3.05) is 0 Å². The normalized spacial score (nSPS) is 9.73. The molecule has 0 saturated heterocycles. The predicted octanol–water partition coefficient (Wildman–Crippen LogP) is 1.62. The molecule has 0 aliphatic heterocycles. The van der Waals surface area contributed by atoms with Crippen molar-refractivity contribution in [3.8, 4) is 22.3 Å². The minimum absolute atomic E-state index is 0. The Morgan fingerprint density at radius 1 is 0.568 bits per heavy atom. The summed E-state index contributed by atoms with van der Waals surface area (Å²) in [5.74, 6) is -4.73. The Hall–Kier alpha value is -4.86. The van der Waals surface area contributed by atoms with Gasteiger partial charge in [-0.2, -0.15) is 0 Å². The molecule has 0 fully saturated rings. The predicted molar refractivity (Wildman–Crippen MR) is 122 cm³/mol. The van der Waals surface area contributed by atoms with Gasteiger partial charge in [-0.15, -0.1) is 0 Å². The van der Waals surface area contributed by atoms with E-state index < -0.39 is 23.9 Å². The Morgan fingerprint density at radius 2 is 0.946 bits per heavy atom. The van der Waals surface area contributed by atoms with E-state index >= 15 is 0 Å². The third-order valence-electron chi connectivity index (χ3n) is 4.83. The molecule has 0 aliphatic carbocycles. The second-order valence-corrected chi connectivity index (χ2v) is 7.21. The summed E-state index contributed by atoms with van der Waals surface area (Å²) in [6.45, 7) is 0. The standard InChI is InChI=1S/2C13H9NO4.Cu/c2*15-12(16)9-3-1-2-8(6-9)10-4-5-11(13(17)18)14-7-10;/h2*1-7H,(H,15,16)(H,17,18);/q;;+2/p-2. The van der Waals surface area contributed by atoms with Crippen molar-refractivity contribution < 1.29 is 56.7 Å². The van der Waals surface area contributed by atoms with E-state index in [1.807, 2.05) is 0 Å². The summed E-state index contributed by atoms with van der Waals surface area (Å²) in [6, 6.07) is 18.4. The van der Waals surface area contributed by atoms with E-state index in [1.54, 1.807) is 36.4 Å². The maximum Gasteiger partial charge on any atom is 2.00 e. The van der Waals surface area contributed by atoms with Crippen molar-refractivity contribution in [2.45, 2.75) is 0 Å². The van der Waals surface area contributed by atoms with Crippen LogP contribution in [0.5, 0.6) is 0 Å². The number of hydrogen-bond acceptors (Lipinski definition) is 8. The summed E-state index contributed by atoms with van der Waals surface area (Å²) >= 11 is 0. The molecule has 2 heterocycles. The summed E-state index contributed by atoms with van der Waals surface area (Å²) in [5, 5.41) is 38.8. The summed E-state index contributed by atoms with van der Waals surface area (Å²) in [5.41, 5.74) is 2.61. The molecule has 0 aliphatic rings. The SMILES string of the molecule is O=C(O)c1cccc(-c2ccc(C(=O)[O-])nc2)c1.O=C(O)c1cccc(-c2ccc(C(=O)[O-])nc2)c1.[Cu+2]. The summed E-state index contributed by atoms with van der Waals surface area (Å²) in [7, 11) is 0. The first-order chi connectivity index (χ1) is 17.2. The Bertz CT molecular complexity index is 1330. The van der Waals surface area contributed by atoms with E-state index in [1.165, 1.54) is 48.8 Å². The molecule has 2 aromatic heterocycles. The molecular weight excluding hydrogens is 532 g/mol. The van der Waals surface area contributed by atoms with Crippen molar-refractivity contribution in [1.82, 2.24) is 9.97 Å². The quantitative estimate of drug-likeness (QED) is 0.336. The number of aromatic nitrogens is 2. The van der Waals surface area contributed by atoms with E-state index in [9.17, 15) is 29.4 Å². The molecule has 189 valence electrons. The molecule has 0 saturated carbocycles. The van der Waals surface area contributed by atoms with Gasteiger partial charge in [0, 0.05) is 23.5 Å². The number of carboxylic acid groups (broad SMARTS) is 4. The number of carbonyl (C=O) groups excluding carboxylic acids is 2. The van der Waals surface area contributed by atoms with Crippen LogP contribution in [0.25, 0.3) is 22.3 Å². The van der Waals surface area contributed by atoms with Gasteiger partial charge in [0.1, 0.15) is 0 Å². The minimum atomic E-state index is -1.35. The van der Waals surface area contributed by atoms with Crippen molar-refractivity contribution in [2.24, 2.45) is 0 Å².